The molecule has 1 rings (SSSR count). The van der Waals surface area contributed by atoms with Gasteiger partial charge >= 0.3 is 0 Å². The molecule has 0 amide bonds. The molecule has 0 spiro atoms. The van der Waals surface area contributed by atoms with E-state index in [1.165, 1.54) is 6.07 Å². The molecule has 0 radical (unpaired) electrons. The number of hydrogen-bond acceptors (Lipinski definition) is 3. The molecule has 0 bridgehead atoms. The van der Waals surface area contributed by atoms with E-state index in [1.807, 2.05) is 0 Å². The zero-order valence-electron chi connectivity index (χ0n) is 9.33. The topological polar surface area (TPSA) is 72.2 Å². The van der Waals surface area contributed by atoms with Gasteiger partial charge in [0.1, 0.15) is 4.90 Å². The summed E-state index contributed by atoms with van der Waals surface area (Å²) in [4.78, 5) is 0.0881. The van der Waals surface area contributed by atoms with Gasteiger partial charge in [0.15, 0.2) is 0 Å². The summed E-state index contributed by atoms with van der Waals surface area (Å²) in [6.07, 6.45) is 0.478. The van der Waals surface area contributed by atoms with E-state index >= 15 is 0 Å². The Morgan fingerprint density at radius 2 is 2.18 bits per heavy atom. The van der Waals surface area contributed by atoms with Gasteiger partial charge in [0, 0.05) is 17.4 Å². The Morgan fingerprint density at radius 1 is 1.47 bits per heavy atom. The fourth-order valence-electron chi connectivity index (χ4n) is 1.21. The fourth-order valence-corrected chi connectivity index (χ4v) is 2.74. The van der Waals surface area contributed by atoms with Crippen LogP contribution < -0.4 is 10.5 Å². The lowest BCUT2D eigenvalue weighted by Crippen LogP contribution is -2.25. The second kappa shape index (κ2) is 6.05. The van der Waals surface area contributed by atoms with E-state index in [0.29, 0.717) is 6.42 Å². The molecule has 0 unspecified atom stereocenters. The highest BCUT2D eigenvalue weighted by Crippen LogP contribution is 2.22. The molecule has 1 aromatic carbocycles. The number of nitrogens with one attached hydrogen (secondary N) is 1. The minimum atomic E-state index is -3.55. The number of benzene rings is 1. The van der Waals surface area contributed by atoms with Crippen molar-refractivity contribution in [2.75, 3.05) is 12.3 Å². The number of nitrogens with two attached hydrogens (primary N) is 1. The molecule has 6 heteroatoms. The predicted octanol–water partition coefficient (Wildman–Crippen LogP) is 1.72. The van der Waals surface area contributed by atoms with Gasteiger partial charge in [0.25, 0.3) is 0 Å². The minimum absolute atomic E-state index is 0.0881. The average molecular weight is 317 g/mol. The zero-order valence-corrected chi connectivity index (χ0v) is 11.7. The van der Waals surface area contributed by atoms with E-state index in [-0.39, 0.29) is 17.1 Å². The van der Waals surface area contributed by atoms with Crippen LogP contribution in [0.1, 0.15) is 13.3 Å². The number of nitrogen functional groups attached to an aromatic ring is 1. The normalized spacial score (nSPS) is 10.7. The first kappa shape index (κ1) is 14.0. The van der Waals surface area contributed by atoms with Crippen molar-refractivity contribution in [2.24, 2.45) is 0 Å². The number of sulfonamides is 1. The van der Waals surface area contributed by atoms with Crippen LogP contribution in [0.3, 0.4) is 0 Å². The van der Waals surface area contributed by atoms with Crippen molar-refractivity contribution in [2.45, 2.75) is 18.2 Å². The van der Waals surface area contributed by atoms with Crippen LogP contribution >= 0.6 is 15.9 Å². The Balaban J connectivity index is 2.85. The first-order chi connectivity index (χ1) is 7.97. The molecule has 4 nitrogen and oxygen atoms in total. The van der Waals surface area contributed by atoms with Crippen LogP contribution in [0.2, 0.25) is 0 Å². The summed E-state index contributed by atoms with van der Waals surface area (Å²) in [6, 6.07) is 4.66. The van der Waals surface area contributed by atoms with E-state index in [4.69, 9.17) is 5.73 Å². The summed E-state index contributed by atoms with van der Waals surface area (Å²) in [7, 11) is -3.55. The highest BCUT2D eigenvalue weighted by atomic mass is 79.9. The molecule has 0 aliphatic rings. The summed E-state index contributed by atoms with van der Waals surface area (Å²) in [5.41, 5.74) is 5.88. The second-order valence-corrected chi connectivity index (χ2v) is 5.91. The van der Waals surface area contributed by atoms with E-state index in [9.17, 15) is 8.42 Å². The van der Waals surface area contributed by atoms with Crippen LogP contribution in [0.4, 0.5) is 5.69 Å². The summed E-state index contributed by atoms with van der Waals surface area (Å²) in [5.74, 6) is 5.48. The van der Waals surface area contributed by atoms with Crippen molar-refractivity contribution < 1.29 is 8.42 Å². The first-order valence-corrected chi connectivity index (χ1v) is 7.19. The van der Waals surface area contributed by atoms with Gasteiger partial charge in [-0.1, -0.05) is 15.9 Å². The molecule has 1 aromatic rings. The molecule has 17 heavy (non-hydrogen) atoms. The lowest BCUT2D eigenvalue weighted by atomic mass is 10.3. The number of anilines is 1. The summed E-state index contributed by atoms with van der Waals surface area (Å²) < 4.78 is 26.9. The first-order valence-electron chi connectivity index (χ1n) is 4.91. The van der Waals surface area contributed by atoms with Gasteiger partial charge < -0.3 is 5.73 Å². The maximum absolute atomic E-state index is 11.9. The third kappa shape index (κ3) is 4.04. The summed E-state index contributed by atoms with van der Waals surface area (Å²) in [6.45, 7) is 1.99. The van der Waals surface area contributed by atoms with Crippen LogP contribution in [0.5, 0.6) is 0 Å². The standard InChI is InChI=1S/C11H13BrN2O2S/c1-2-3-4-7-14-17(15,16)11-6-5-9(12)8-10(11)13/h5-6,8,14H,4,7,13H2,1H3. The lowest BCUT2D eigenvalue weighted by Gasteiger charge is -2.08. The van der Waals surface area contributed by atoms with Crippen molar-refractivity contribution in [1.29, 1.82) is 0 Å². The van der Waals surface area contributed by atoms with Gasteiger partial charge in [-0.2, -0.15) is 0 Å². The number of halogens is 1. The monoisotopic (exact) mass is 316 g/mol. The van der Waals surface area contributed by atoms with Crippen LogP contribution in [0, 0.1) is 11.8 Å². The van der Waals surface area contributed by atoms with Gasteiger partial charge in [-0.25, -0.2) is 13.1 Å². The van der Waals surface area contributed by atoms with Gasteiger partial charge in [-0.05, 0) is 25.1 Å². The highest BCUT2D eigenvalue weighted by molar-refractivity contribution is 9.10. The molecule has 0 saturated carbocycles. The second-order valence-electron chi connectivity index (χ2n) is 3.26. The smallest absolute Gasteiger partial charge is 0.242 e. The van der Waals surface area contributed by atoms with Gasteiger partial charge in [-0.3, -0.25) is 0 Å². The molecular weight excluding hydrogens is 304 g/mol. The van der Waals surface area contributed by atoms with Crippen molar-refractivity contribution in [1.82, 2.24) is 4.72 Å². The fraction of sp³-hybridized carbons (Fsp3) is 0.273. The number of rotatable bonds is 4. The maximum atomic E-state index is 11.9. The molecule has 92 valence electrons. The zero-order chi connectivity index (χ0) is 12.9. The van der Waals surface area contributed by atoms with Crippen molar-refractivity contribution in [3.05, 3.63) is 22.7 Å². The minimum Gasteiger partial charge on any atom is -0.398 e. The Bertz CT molecular complexity index is 559. The SMILES string of the molecule is CC#CCCNS(=O)(=O)c1ccc(Br)cc1N. The van der Waals surface area contributed by atoms with Crippen LogP contribution in [-0.4, -0.2) is 15.0 Å². The Labute approximate surface area is 110 Å². The van der Waals surface area contributed by atoms with E-state index < -0.39 is 10.0 Å². The summed E-state index contributed by atoms with van der Waals surface area (Å²) in [5, 5.41) is 0. The van der Waals surface area contributed by atoms with Crippen molar-refractivity contribution in [3.8, 4) is 11.8 Å². The van der Waals surface area contributed by atoms with Crippen molar-refractivity contribution in [3.63, 3.8) is 0 Å². The van der Waals surface area contributed by atoms with Crippen LogP contribution in [0.15, 0.2) is 27.6 Å². The van der Waals surface area contributed by atoms with E-state index in [0.717, 1.165) is 4.47 Å². The summed E-state index contributed by atoms with van der Waals surface area (Å²) >= 11 is 3.22. The molecule has 3 N–H and O–H groups in total. The lowest BCUT2D eigenvalue weighted by molar-refractivity contribution is 0.583. The van der Waals surface area contributed by atoms with Crippen molar-refractivity contribution >= 4 is 31.6 Å². The predicted molar refractivity (Wildman–Crippen MR) is 71.8 cm³/mol. The van der Waals surface area contributed by atoms with Crippen LogP contribution in [-0.2, 0) is 10.0 Å². The molecule has 0 aromatic heterocycles. The third-order valence-corrected chi connectivity index (χ3v) is 4.01. The third-order valence-electron chi connectivity index (χ3n) is 1.98. The Kier molecular flexibility index (Phi) is 5.00. The van der Waals surface area contributed by atoms with Gasteiger partial charge in [-0.15, -0.1) is 11.8 Å². The van der Waals surface area contributed by atoms with Crippen LogP contribution in [0.25, 0.3) is 0 Å². The largest absolute Gasteiger partial charge is 0.398 e. The number of hydrogen-bond donors (Lipinski definition) is 2. The average Bonchev–Trinajstić information content (AvgIpc) is 2.24. The molecule has 0 aliphatic heterocycles. The van der Waals surface area contributed by atoms with Gasteiger partial charge in [0.05, 0.1) is 5.69 Å². The molecule has 0 saturated heterocycles. The highest BCUT2D eigenvalue weighted by Gasteiger charge is 2.16. The van der Waals surface area contributed by atoms with E-state index in [2.05, 4.69) is 32.5 Å². The van der Waals surface area contributed by atoms with E-state index in [1.54, 1.807) is 19.1 Å². The maximum Gasteiger partial charge on any atom is 0.242 e. The van der Waals surface area contributed by atoms with Gasteiger partial charge in [0.2, 0.25) is 10.0 Å². The molecular formula is C11H13BrN2O2S. The quantitative estimate of drug-likeness (QED) is 0.505. The molecule has 0 fully saturated rings. The Hall–Kier alpha value is -1.03. The molecule has 0 aliphatic carbocycles. The molecule has 0 atom stereocenters. The molecule has 0 heterocycles. The Morgan fingerprint density at radius 3 is 2.76 bits per heavy atom.